The van der Waals surface area contributed by atoms with E-state index in [1.807, 2.05) is 31.2 Å². The third-order valence-electron chi connectivity index (χ3n) is 5.23. The second-order valence-electron chi connectivity index (χ2n) is 7.54. The molecule has 10 heteroatoms. The normalized spacial score (nSPS) is 10.9. The maximum absolute atomic E-state index is 12.8. The van der Waals surface area contributed by atoms with E-state index in [0.717, 1.165) is 33.3 Å². The third-order valence-corrected chi connectivity index (χ3v) is 6.49. The second kappa shape index (κ2) is 10.2. The number of hydrogen-bond acceptors (Lipinski definition) is 5. The zero-order valence-electron chi connectivity index (χ0n) is 18.6. The Labute approximate surface area is 219 Å². The predicted molar refractivity (Wildman–Crippen MR) is 145 cm³/mol. The number of methoxy groups -OCH3 is 1. The van der Waals surface area contributed by atoms with Crippen molar-refractivity contribution >= 4 is 71.8 Å². The highest BCUT2D eigenvalue weighted by molar-refractivity contribution is 9.11. The van der Waals surface area contributed by atoms with Crippen molar-refractivity contribution in [1.29, 1.82) is 0 Å². The number of benzene rings is 3. The highest BCUT2D eigenvalue weighted by atomic mass is 79.9. The third kappa shape index (κ3) is 5.13. The van der Waals surface area contributed by atoms with E-state index in [1.54, 1.807) is 16.9 Å². The van der Waals surface area contributed by atoms with Crippen molar-refractivity contribution in [1.82, 2.24) is 20.3 Å². The van der Waals surface area contributed by atoms with Crippen molar-refractivity contribution in [2.24, 2.45) is 0 Å². The van der Waals surface area contributed by atoms with Gasteiger partial charge in [0.1, 0.15) is 16.8 Å². The predicted octanol–water partition coefficient (Wildman–Crippen LogP) is 5.95. The van der Waals surface area contributed by atoms with Gasteiger partial charge in [0.2, 0.25) is 0 Å². The fraction of sp³-hybridized carbons (Fsp3) is 0.167. The van der Waals surface area contributed by atoms with Gasteiger partial charge >= 0.3 is 0 Å². The quantitative estimate of drug-likeness (QED) is 0.275. The van der Waals surface area contributed by atoms with E-state index in [0.29, 0.717) is 21.3 Å². The summed E-state index contributed by atoms with van der Waals surface area (Å²) < 4.78 is 6.75. The largest absolute Gasteiger partial charge is 0.495 e. The second-order valence-corrected chi connectivity index (χ2v) is 9.72. The number of halogens is 2. The molecule has 0 saturated heterocycles. The summed E-state index contributed by atoms with van der Waals surface area (Å²) in [5, 5.41) is 15.2. The molecule has 0 bridgehead atoms. The molecular formula is C24H21Br2N5O2S. The lowest BCUT2D eigenvalue weighted by atomic mass is 10.1. The molecule has 4 aromatic rings. The first-order valence-electron chi connectivity index (χ1n) is 10.4. The standard InChI is InChI=1S/C24H21Br2N5O2S/c1-4-14-5-7-16(8-6-14)31-29-20-9-13(2)19(12-21(20)30-31)27-24(34)28-23(32)17-10-15(25)11-18(26)22(17)33-3/h5-12H,4H2,1-3H3,(H2,27,28,32,34). The van der Waals surface area contributed by atoms with E-state index in [1.165, 1.54) is 12.7 Å². The molecule has 2 N–H and O–H groups in total. The summed E-state index contributed by atoms with van der Waals surface area (Å²) in [5.41, 5.74) is 5.61. The number of nitrogens with zero attached hydrogens (tertiary/aromatic N) is 3. The van der Waals surface area contributed by atoms with Gasteiger partial charge in [-0.2, -0.15) is 4.80 Å². The van der Waals surface area contributed by atoms with Crippen LogP contribution in [0.4, 0.5) is 5.69 Å². The molecule has 0 aliphatic rings. The Balaban J connectivity index is 1.54. The summed E-state index contributed by atoms with van der Waals surface area (Å²) >= 11 is 12.2. The number of aryl methyl sites for hydroxylation is 2. The number of hydrogen-bond donors (Lipinski definition) is 2. The van der Waals surface area contributed by atoms with Crippen LogP contribution in [0.3, 0.4) is 0 Å². The number of nitrogens with one attached hydrogen (secondary N) is 2. The molecule has 4 rings (SSSR count). The van der Waals surface area contributed by atoms with Crippen molar-refractivity contribution < 1.29 is 9.53 Å². The number of amides is 1. The molecule has 0 radical (unpaired) electrons. The maximum atomic E-state index is 12.8. The minimum absolute atomic E-state index is 0.160. The lowest BCUT2D eigenvalue weighted by molar-refractivity contribution is 0.0974. The van der Waals surface area contributed by atoms with Crippen LogP contribution in [0.25, 0.3) is 16.7 Å². The number of fused-ring (bicyclic) bond motifs is 1. The van der Waals surface area contributed by atoms with Crippen molar-refractivity contribution in [2.45, 2.75) is 20.3 Å². The Bertz CT molecular complexity index is 1400. The summed E-state index contributed by atoms with van der Waals surface area (Å²) in [6.07, 6.45) is 0.977. The fourth-order valence-electron chi connectivity index (χ4n) is 3.44. The SMILES string of the molecule is CCc1ccc(-n2nc3cc(C)c(NC(=S)NC(=O)c4cc(Br)cc(Br)c4OC)cc3n2)cc1. The molecule has 0 unspecified atom stereocenters. The van der Waals surface area contributed by atoms with Crippen molar-refractivity contribution in [3.63, 3.8) is 0 Å². The van der Waals surface area contributed by atoms with E-state index < -0.39 is 5.91 Å². The molecule has 0 aliphatic heterocycles. The molecule has 3 aromatic carbocycles. The van der Waals surface area contributed by atoms with Gasteiger partial charge in [0.05, 0.1) is 22.8 Å². The van der Waals surface area contributed by atoms with Gasteiger partial charge in [-0.25, -0.2) is 0 Å². The number of anilines is 1. The molecule has 0 aliphatic carbocycles. The zero-order chi connectivity index (χ0) is 24.4. The number of rotatable bonds is 5. The Morgan fingerprint density at radius 1 is 1.09 bits per heavy atom. The summed E-state index contributed by atoms with van der Waals surface area (Å²) in [5.74, 6) is 0.0289. The molecular weight excluding hydrogens is 582 g/mol. The molecule has 7 nitrogen and oxygen atoms in total. The van der Waals surface area contributed by atoms with E-state index in [4.69, 9.17) is 17.0 Å². The first-order valence-corrected chi connectivity index (χ1v) is 12.4. The van der Waals surface area contributed by atoms with Crippen LogP contribution in [-0.4, -0.2) is 33.1 Å². The molecule has 0 atom stereocenters. The lowest BCUT2D eigenvalue weighted by Crippen LogP contribution is -2.34. The summed E-state index contributed by atoms with van der Waals surface area (Å²) in [4.78, 5) is 14.5. The topological polar surface area (TPSA) is 81.1 Å². The Morgan fingerprint density at radius 3 is 2.41 bits per heavy atom. The molecule has 174 valence electrons. The number of aromatic nitrogens is 3. The minimum atomic E-state index is -0.392. The van der Waals surface area contributed by atoms with Crippen LogP contribution in [0.15, 0.2) is 57.5 Å². The fourth-order valence-corrected chi connectivity index (χ4v) is 5.03. The van der Waals surface area contributed by atoms with Crippen LogP contribution in [0.2, 0.25) is 0 Å². The highest BCUT2D eigenvalue weighted by Crippen LogP contribution is 2.32. The molecule has 34 heavy (non-hydrogen) atoms. The smallest absolute Gasteiger partial charge is 0.261 e. The van der Waals surface area contributed by atoms with Crippen LogP contribution in [-0.2, 0) is 6.42 Å². The molecule has 1 aromatic heterocycles. The van der Waals surface area contributed by atoms with Crippen molar-refractivity contribution in [3.05, 3.63) is 74.2 Å². The van der Waals surface area contributed by atoms with Crippen LogP contribution in [0.1, 0.15) is 28.4 Å². The van der Waals surface area contributed by atoms with Gasteiger partial charge in [-0.1, -0.05) is 35.0 Å². The molecule has 0 fully saturated rings. The average molecular weight is 603 g/mol. The highest BCUT2D eigenvalue weighted by Gasteiger charge is 2.18. The summed E-state index contributed by atoms with van der Waals surface area (Å²) in [6.45, 7) is 4.06. The van der Waals surface area contributed by atoms with Gasteiger partial charge in [-0.15, -0.1) is 10.2 Å². The first-order chi connectivity index (χ1) is 16.3. The number of carbonyl (C=O) groups is 1. The molecule has 1 amide bonds. The summed E-state index contributed by atoms with van der Waals surface area (Å²) in [6, 6.07) is 15.4. The van der Waals surface area contributed by atoms with Gasteiger partial charge < -0.3 is 10.1 Å². The van der Waals surface area contributed by atoms with E-state index in [-0.39, 0.29) is 5.11 Å². The monoisotopic (exact) mass is 601 g/mol. The van der Waals surface area contributed by atoms with Crippen LogP contribution in [0.5, 0.6) is 5.75 Å². The number of carbonyl (C=O) groups excluding carboxylic acids is 1. The van der Waals surface area contributed by atoms with Crippen LogP contribution < -0.4 is 15.4 Å². The van der Waals surface area contributed by atoms with Crippen molar-refractivity contribution in [2.75, 3.05) is 12.4 Å². The molecule has 0 saturated carbocycles. The minimum Gasteiger partial charge on any atom is -0.495 e. The van der Waals surface area contributed by atoms with Gasteiger partial charge in [0, 0.05) is 10.2 Å². The van der Waals surface area contributed by atoms with E-state index in [9.17, 15) is 4.79 Å². The lowest BCUT2D eigenvalue weighted by Gasteiger charge is -2.14. The van der Waals surface area contributed by atoms with Gasteiger partial charge in [-0.3, -0.25) is 10.1 Å². The van der Waals surface area contributed by atoms with E-state index in [2.05, 4.69) is 71.7 Å². The molecule has 0 spiro atoms. The summed E-state index contributed by atoms with van der Waals surface area (Å²) in [7, 11) is 1.51. The Morgan fingerprint density at radius 2 is 1.76 bits per heavy atom. The molecule has 1 heterocycles. The van der Waals surface area contributed by atoms with Crippen LogP contribution in [0, 0.1) is 6.92 Å². The van der Waals surface area contributed by atoms with Crippen molar-refractivity contribution in [3.8, 4) is 11.4 Å². The van der Waals surface area contributed by atoms with Gasteiger partial charge in [0.25, 0.3) is 5.91 Å². The van der Waals surface area contributed by atoms with Gasteiger partial charge in [-0.05, 0) is 89.0 Å². The van der Waals surface area contributed by atoms with Crippen LogP contribution >= 0.6 is 44.1 Å². The number of thiocarbonyl (C=S) groups is 1. The Kier molecular flexibility index (Phi) is 7.30. The van der Waals surface area contributed by atoms with E-state index >= 15 is 0 Å². The number of ether oxygens (including phenoxy) is 1. The maximum Gasteiger partial charge on any atom is 0.261 e. The first kappa shape index (κ1) is 24.3. The average Bonchev–Trinajstić information content (AvgIpc) is 3.21. The van der Waals surface area contributed by atoms with Gasteiger partial charge in [0.15, 0.2) is 5.11 Å². The zero-order valence-corrected chi connectivity index (χ0v) is 22.6. The Hall–Kier alpha value is -2.82.